The molecule has 2 atom stereocenters. The summed E-state index contributed by atoms with van der Waals surface area (Å²) in [6.45, 7) is 3.41. The Morgan fingerprint density at radius 1 is 1.60 bits per heavy atom. The van der Waals surface area contributed by atoms with E-state index in [0.29, 0.717) is 5.82 Å². The van der Waals surface area contributed by atoms with Gasteiger partial charge >= 0.3 is 0 Å². The molecule has 106 valence electrons. The lowest BCUT2D eigenvalue weighted by Crippen LogP contribution is -2.19. The molecule has 0 bridgehead atoms. The van der Waals surface area contributed by atoms with Gasteiger partial charge in [0.2, 0.25) is 5.91 Å². The number of H-pyrrole nitrogens is 1. The molecule has 1 spiro atoms. The van der Waals surface area contributed by atoms with Gasteiger partial charge in [-0.15, -0.1) is 0 Å². The van der Waals surface area contributed by atoms with E-state index in [0.717, 1.165) is 42.8 Å². The lowest BCUT2D eigenvalue weighted by atomic mass is 10.0. The van der Waals surface area contributed by atoms with Crippen LogP contribution in [-0.4, -0.2) is 39.1 Å². The fourth-order valence-electron chi connectivity index (χ4n) is 3.31. The summed E-state index contributed by atoms with van der Waals surface area (Å²) in [7, 11) is 1.84. The van der Waals surface area contributed by atoms with Gasteiger partial charge < -0.3 is 10.1 Å². The highest BCUT2D eigenvalue weighted by Crippen LogP contribution is 2.58. The summed E-state index contributed by atoms with van der Waals surface area (Å²) in [4.78, 5) is 12.4. The van der Waals surface area contributed by atoms with Crippen LogP contribution in [0.1, 0.15) is 18.5 Å². The number of amides is 1. The zero-order chi connectivity index (χ0) is 13.9. The number of carbonyl (C=O) groups excluding carboxylic acids is 1. The van der Waals surface area contributed by atoms with Crippen molar-refractivity contribution >= 4 is 22.8 Å². The molecule has 1 aliphatic heterocycles. The van der Waals surface area contributed by atoms with Crippen molar-refractivity contribution in [2.45, 2.75) is 19.8 Å². The van der Waals surface area contributed by atoms with Crippen LogP contribution in [-0.2, 0) is 16.6 Å². The van der Waals surface area contributed by atoms with Gasteiger partial charge in [-0.05, 0) is 19.8 Å². The number of aromatic nitrogens is 4. The minimum atomic E-state index is 0.0595. The normalized spacial score (nSPS) is 28.4. The number of anilines is 1. The molecule has 2 aromatic heterocycles. The number of fused-ring (bicyclic) bond motifs is 1. The number of ether oxygens (including phenoxy) is 1. The first-order valence-electron chi connectivity index (χ1n) is 6.87. The summed E-state index contributed by atoms with van der Waals surface area (Å²) in [5.41, 5.74) is 1.72. The molecule has 0 radical (unpaired) electrons. The first-order chi connectivity index (χ1) is 9.61. The SMILES string of the molecule is Cc1nn(C)c2n[nH]c(NC(=O)C3CC34CCOC4)c12. The summed E-state index contributed by atoms with van der Waals surface area (Å²) >= 11 is 0. The largest absolute Gasteiger partial charge is 0.381 e. The van der Waals surface area contributed by atoms with E-state index in [9.17, 15) is 4.79 Å². The minimum absolute atomic E-state index is 0.0595. The highest BCUT2D eigenvalue weighted by molar-refractivity contribution is 6.02. The van der Waals surface area contributed by atoms with Gasteiger partial charge in [0.15, 0.2) is 5.65 Å². The van der Waals surface area contributed by atoms with Gasteiger partial charge in [0.25, 0.3) is 0 Å². The van der Waals surface area contributed by atoms with Crippen LogP contribution in [0.4, 0.5) is 5.82 Å². The summed E-state index contributed by atoms with van der Waals surface area (Å²) < 4.78 is 7.13. The third-order valence-electron chi connectivity index (χ3n) is 4.60. The van der Waals surface area contributed by atoms with Crippen LogP contribution in [0, 0.1) is 18.3 Å². The van der Waals surface area contributed by atoms with Gasteiger partial charge in [0.1, 0.15) is 5.82 Å². The van der Waals surface area contributed by atoms with Crippen molar-refractivity contribution in [2.24, 2.45) is 18.4 Å². The number of rotatable bonds is 2. The molecule has 7 heteroatoms. The van der Waals surface area contributed by atoms with E-state index in [1.165, 1.54) is 0 Å². The van der Waals surface area contributed by atoms with Crippen molar-refractivity contribution in [1.29, 1.82) is 0 Å². The zero-order valence-corrected chi connectivity index (χ0v) is 11.6. The molecule has 1 amide bonds. The Morgan fingerprint density at radius 2 is 2.45 bits per heavy atom. The van der Waals surface area contributed by atoms with Crippen LogP contribution in [0.2, 0.25) is 0 Å². The number of aryl methyl sites for hydroxylation is 2. The van der Waals surface area contributed by atoms with Crippen LogP contribution < -0.4 is 5.32 Å². The molecule has 0 aromatic carbocycles. The molecule has 2 aliphatic rings. The van der Waals surface area contributed by atoms with E-state index in [-0.39, 0.29) is 17.2 Å². The van der Waals surface area contributed by atoms with Gasteiger partial charge in [-0.1, -0.05) is 0 Å². The Balaban J connectivity index is 1.58. The third kappa shape index (κ3) is 1.53. The number of nitrogens with one attached hydrogen (secondary N) is 2. The van der Waals surface area contributed by atoms with E-state index in [1.807, 2.05) is 14.0 Å². The molecule has 7 nitrogen and oxygen atoms in total. The lowest BCUT2D eigenvalue weighted by molar-refractivity contribution is -0.118. The standard InChI is InChI=1S/C13H17N5O2/c1-7-9-10(15-16-11(9)18(2)17-7)14-12(19)8-5-13(8)3-4-20-6-13/h8H,3-6H2,1-2H3,(H2,14,15,16,19). The maximum absolute atomic E-state index is 12.4. The lowest BCUT2D eigenvalue weighted by Gasteiger charge is -2.06. The van der Waals surface area contributed by atoms with E-state index < -0.39 is 0 Å². The molecule has 1 aliphatic carbocycles. The summed E-state index contributed by atoms with van der Waals surface area (Å²) in [5, 5.41) is 15.3. The minimum Gasteiger partial charge on any atom is -0.381 e. The maximum Gasteiger partial charge on any atom is 0.229 e. The van der Waals surface area contributed by atoms with Crippen molar-refractivity contribution < 1.29 is 9.53 Å². The quantitative estimate of drug-likeness (QED) is 0.855. The summed E-state index contributed by atoms with van der Waals surface area (Å²) in [6, 6.07) is 0. The molecule has 3 heterocycles. The second-order valence-electron chi connectivity index (χ2n) is 5.92. The van der Waals surface area contributed by atoms with Gasteiger partial charge in [-0.2, -0.15) is 10.2 Å². The predicted octanol–water partition coefficient (Wildman–Crippen LogP) is 0.970. The third-order valence-corrected chi connectivity index (χ3v) is 4.60. The van der Waals surface area contributed by atoms with E-state index >= 15 is 0 Å². The monoisotopic (exact) mass is 275 g/mol. The number of carbonyl (C=O) groups is 1. The average Bonchev–Trinajstić information content (AvgIpc) is 2.74. The van der Waals surface area contributed by atoms with Gasteiger partial charge in [0.05, 0.1) is 17.7 Å². The summed E-state index contributed by atoms with van der Waals surface area (Å²) in [6.07, 6.45) is 1.93. The molecular formula is C13H17N5O2. The smallest absolute Gasteiger partial charge is 0.229 e. The van der Waals surface area contributed by atoms with Crippen molar-refractivity contribution in [2.75, 3.05) is 18.5 Å². The highest BCUT2D eigenvalue weighted by Gasteiger charge is 2.59. The number of nitrogens with zero attached hydrogens (tertiary/aromatic N) is 3. The van der Waals surface area contributed by atoms with Crippen molar-refractivity contribution in [3.8, 4) is 0 Å². The average molecular weight is 275 g/mol. The molecule has 1 saturated heterocycles. The predicted molar refractivity (Wildman–Crippen MR) is 72.2 cm³/mol. The van der Waals surface area contributed by atoms with E-state index in [1.54, 1.807) is 4.68 Å². The van der Waals surface area contributed by atoms with Crippen LogP contribution in [0.3, 0.4) is 0 Å². The number of hydrogen-bond donors (Lipinski definition) is 2. The summed E-state index contributed by atoms with van der Waals surface area (Å²) in [5.74, 6) is 0.779. The zero-order valence-electron chi connectivity index (χ0n) is 11.6. The van der Waals surface area contributed by atoms with Gasteiger partial charge in [-0.3, -0.25) is 9.89 Å². The second kappa shape index (κ2) is 3.82. The first-order valence-corrected chi connectivity index (χ1v) is 6.87. The molecule has 2 N–H and O–H groups in total. The highest BCUT2D eigenvalue weighted by atomic mass is 16.5. The first kappa shape index (κ1) is 11.9. The van der Waals surface area contributed by atoms with Crippen LogP contribution in [0.25, 0.3) is 11.0 Å². The van der Waals surface area contributed by atoms with Crippen molar-refractivity contribution in [1.82, 2.24) is 20.0 Å². The number of aromatic amines is 1. The Hall–Kier alpha value is -1.89. The molecule has 4 rings (SSSR count). The Kier molecular flexibility index (Phi) is 2.27. The second-order valence-corrected chi connectivity index (χ2v) is 5.92. The van der Waals surface area contributed by atoms with Crippen molar-refractivity contribution in [3.05, 3.63) is 5.69 Å². The Morgan fingerprint density at radius 3 is 3.20 bits per heavy atom. The molecule has 20 heavy (non-hydrogen) atoms. The van der Waals surface area contributed by atoms with Crippen LogP contribution >= 0.6 is 0 Å². The Bertz CT molecular complexity index is 695. The molecule has 2 aromatic rings. The van der Waals surface area contributed by atoms with Gasteiger partial charge in [0, 0.05) is 25.0 Å². The Labute approximate surface area is 115 Å². The molecule has 2 unspecified atom stereocenters. The fourth-order valence-corrected chi connectivity index (χ4v) is 3.31. The van der Waals surface area contributed by atoms with Crippen LogP contribution in [0.5, 0.6) is 0 Å². The maximum atomic E-state index is 12.4. The molecular weight excluding hydrogens is 258 g/mol. The topological polar surface area (TPSA) is 84.8 Å². The van der Waals surface area contributed by atoms with Crippen molar-refractivity contribution in [3.63, 3.8) is 0 Å². The van der Waals surface area contributed by atoms with E-state index in [4.69, 9.17) is 4.74 Å². The molecule has 2 fully saturated rings. The van der Waals surface area contributed by atoms with E-state index in [2.05, 4.69) is 20.6 Å². The van der Waals surface area contributed by atoms with Crippen LogP contribution in [0.15, 0.2) is 0 Å². The number of hydrogen-bond acceptors (Lipinski definition) is 4. The molecule has 1 saturated carbocycles. The van der Waals surface area contributed by atoms with Gasteiger partial charge in [-0.25, -0.2) is 4.68 Å². The fraction of sp³-hybridized carbons (Fsp3) is 0.615.